The fraction of sp³-hybridized carbons (Fsp3) is 0.643. The predicted molar refractivity (Wildman–Crippen MR) is 73.4 cm³/mol. The van der Waals surface area contributed by atoms with E-state index in [9.17, 15) is 4.79 Å². The molecule has 1 aromatic rings. The highest BCUT2D eigenvalue weighted by Crippen LogP contribution is 2.27. The number of hydrogen-bond acceptors (Lipinski definition) is 4. The molecule has 1 aliphatic carbocycles. The molecule has 2 N–H and O–H groups in total. The van der Waals surface area contributed by atoms with Crippen LogP contribution in [0.2, 0.25) is 0 Å². The zero-order chi connectivity index (χ0) is 13.5. The molecule has 0 amide bonds. The fourth-order valence-corrected chi connectivity index (χ4v) is 2.46. The van der Waals surface area contributed by atoms with E-state index in [0.29, 0.717) is 25.9 Å². The molecule has 1 atom stereocenters. The van der Waals surface area contributed by atoms with E-state index in [1.54, 1.807) is 13.2 Å². The van der Waals surface area contributed by atoms with Crippen LogP contribution in [0.15, 0.2) is 16.9 Å². The number of nitrogens with one attached hydrogen (secondary N) is 2. The summed E-state index contributed by atoms with van der Waals surface area (Å²) >= 11 is 0. The topological polar surface area (TPSA) is 63.4 Å². The lowest BCUT2D eigenvalue weighted by Crippen LogP contribution is -2.30. The highest BCUT2D eigenvalue weighted by molar-refractivity contribution is 5.26. The number of aromatic nitrogens is 1. The molecule has 0 bridgehead atoms. The summed E-state index contributed by atoms with van der Waals surface area (Å²) in [4.78, 5) is 14.2. The first-order valence-corrected chi connectivity index (χ1v) is 6.83. The van der Waals surface area contributed by atoms with Gasteiger partial charge in [-0.1, -0.05) is 6.07 Å². The van der Waals surface area contributed by atoms with Crippen molar-refractivity contribution in [3.8, 4) is 0 Å². The van der Waals surface area contributed by atoms with Crippen molar-refractivity contribution in [3.63, 3.8) is 0 Å². The molecule has 106 valence electrons. The molecule has 0 aliphatic heterocycles. The van der Waals surface area contributed by atoms with Gasteiger partial charge in [0.2, 0.25) is 5.56 Å². The summed E-state index contributed by atoms with van der Waals surface area (Å²) < 4.78 is 10.3. The Morgan fingerprint density at radius 2 is 2.26 bits per heavy atom. The minimum absolute atomic E-state index is 0.0118. The van der Waals surface area contributed by atoms with Crippen molar-refractivity contribution in [2.75, 3.05) is 33.5 Å². The molecular formula is C14H22N2O3. The van der Waals surface area contributed by atoms with E-state index in [1.807, 2.05) is 6.07 Å². The van der Waals surface area contributed by atoms with Crippen LogP contribution in [0, 0.1) is 0 Å². The second-order valence-electron chi connectivity index (χ2n) is 4.76. The molecule has 1 heterocycles. The second-order valence-corrected chi connectivity index (χ2v) is 4.76. The number of rotatable bonds is 7. The maximum atomic E-state index is 11.3. The largest absolute Gasteiger partial charge is 0.382 e. The Balaban J connectivity index is 1.81. The number of aryl methyl sites for hydroxylation is 1. The van der Waals surface area contributed by atoms with Crippen molar-refractivity contribution in [1.82, 2.24) is 10.3 Å². The molecule has 1 unspecified atom stereocenters. The zero-order valence-electron chi connectivity index (χ0n) is 11.4. The first kappa shape index (κ1) is 14.2. The summed E-state index contributed by atoms with van der Waals surface area (Å²) in [6.07, 6.45) is 3.18. The van der Waals surface area contributed by atoms with Crippen LogP contribution < -0.4 is 10.9 Å². The van der Waals surface area contributed by atoms with E-state index in [-0.39, 0.29) is 5.56 Å². The third kappa shape index (κ3) is 4.16. The lowest BCUT2D eigenvalue weighted by Gasteiger charge is -2.26. The number of pyridine rings is 1. The van der Waals surface area contributed by atoms with E-state index in [1.165, 1.54) is 5.56 Å². The van der Waals surface area contributed by atoms with Gasteiger partial charge in [0.15, 0.2) is 0 Å². The van der Waals surface area contributed by atoms with Gasteiger partial charge in [-0.3, -0.25) is 4.79 Å². The number of H-pyrrole nitrogens is 1. The molecule has 0 saturated heterocycles. The molecule has 2 rings (SSSR count). The van der Waals surface area contributed by atoms with Gasteiger partial charge < -0.3 is 19.8 Å². The molecule has 0 saturated carbocycles. The van der Waals surface area contributed by atoms with Gasteiger partial charge in [0.05, 0.1) is 19.8 Å². The van der Waals surface area contributed by atoms with Crippen LogP contribution in [0.1, 0.15) is 30.1 Å². The van der Waals surface area contributed by atoms with Crippen LogP contribution >= 0.6 is 0 Å². The standard InChI is InChI=1S/C14H22N2O3/c1-18-9-10-19-8-7-15-12-3-2-4-13-11(12)5-6-14(17)16-13/h5-6,12,15H,2-4,7-10H2,1H3,(H,16,17). The quantitative estimate of drug-likeness (QED) is 0.723. The van der Waals surface area contributed by atoms with Crippen LogP contribution in [-0.2, 0) is 15.9 Å². The average molecular weight is 266 g/mol. The Kier molecular flexibility index (Phi) is 5.57. The molecular weight excluding hydrogens is 244 g/mol. The Morgan fingerprint density at radius 3 is 3.11 bits per heavy atom. The van der Waals surface area contributed by atoms with Crippen LogP contribution in [0.4, 0.5) is 0 Å². The molecule has 19 heavy (non-hydrogen) atoms. The third-order valence-electron chi connectivity index (χ3n) is 3.40. The summed E-state index contributed by atoms with van der Waals surface area (Å²) in [7, 11) is 1.67. The fourth-order valence-electron chi connectivity index (χ4n) is 2.46. The lowest BCUT2D eigenvalue weighted by atomic mass is 9.91. The Morgan fingerprint density at radius 1 is 1.37 bits per heavy atom. The number of hydrogen-bond donors (Lipinski definition) is 2. The highest BCUT2D eigenvalue weighted by atomic mass is 16.5. The van der Waals surface area contributed by atoms with Crippen molar-refractivity contribution < 1.29 is 9.47 Å². The summed E-state index contributed by atoms with van der Waals surface area (Å²) in [5.74, 6) is 0. The molecule has 0 fully saturated rings. The predicted octanol–water partition coefficient (Wildman–Crippen LogP) is 1.00. The monoisotopic (exact) mass is 266 g/mol. The SMILES string of the molecule is COCCOCCNC1CCCc2[nH]c(=O)ccc21. The third-order valence-corrected chi connectivity index (χ3v) is 3.40. The van der Waals surface area contributed by atoms with Crippen LogP contribution in [0.5, 0.6) is 0 Å². The van der Waals surface area contributed by atoms with Gasteiger partial charge in [0, 0.05) is 31.5 Å². The smallest absolute Gasteiger partial charge is 0.248 e. The van der Waals surface area contributed by atoms with Crippen LogP contribution in [0.25, 0.3) is 0 Å². The van der Waals surface area contributed by atoms with Crippen LogP contribution in [0.3, 0.4) is 0 Å². The molecule has 5 nitrogen and oxygen atoms in total. The Hall–Kier alpha value is -1.17. The summed E-state index contributed by atoms with van der Waals surface area (Å²) in [6, 6.07) is 3.87. The number of ether oxygens (including phenoxy) is 2. The van der Waals surface area contributed by atoms with Gasteiger partial charge in [-0.15, -0.1) is 0 Å². The first-order chi connectivity index (χ1) is 9.31. The van der Waals surface area contributed by atoms with Crippen LogP contribution in [-0.4, -0.2) is 38.5 Å². The Bertz CT molecular complexity index is 445. The maximum Gasteiger partial charge on any atom is 0.248 e. The molecule has 0 aromatic carbocycles. The van der Waals surface area contributed by atoms with E-state index in [0.717, 1.165) is 31.5 Å². The number of methoxy groups -OCH3 is 1. The highest BCUT2D eigenvalue weighted by Gasteiger charge is 2.19. The van der Waals surface area contributed by atoms with Gasteiger partial charge in [0.1, 0.15) is 0 Å². The van der Waals surface area contributed by atoms with Gasteiger partial charge in [-0.25, -0.2) is 0 Å². The van der Waals surface area contributed by atoms with E-state index in [4.69, 9.17) is 9.47 Å². The molecule has 5 heteroatoms. The second kappa shape index (κ2) is 7.43. The summed E-state index contributed by atoms with van der Waals surface area (Å²) in [5, 5.41) is 3.49. The van der Waals surface area contributed by atoms with Crippen molar-refractivity contribution in [2.45, 2.75) is 25.3 Å². The lowest BCUT2D eigenvalue weighted by molar-refractivity contribution is 0.0708. The van der Waals surface area contributed by atoms with Gasteiger partial charge in [-0.05, 0) is 24.8 Å². The molecule has 1 aromatic heterocycles. The van der Waals surface area contributed by atoms with Crippen molar-refractivity contribution in [1.29, 1.82) is 0 Å². The van der Waals surface area contributed by atoms with Gasteiger partial charge in [-0.2, -0.15) is 0 Å². The number of aromatic amines is 1. The number of fused-ring (bicyclic) bond motifs is 1. The zero-order valence-corrected chi connectivity index (χ0v) is 11.4. The molecule has 0 radical (unpaired) electrons. The van der Waals surface area contributed by atoms with Crippen molar-refractivity contribution in [3.05, 3.63) is 33.7 Å². The first-order valence-electron chi connectivity index (χ1n) is 6.83. The van der Waals surface area contributed by atoms with Crippen molar-refractivity contribution >= 4 is 0 Å². The molecule has 1 aliphatic rings. The van der Waals surface area contributed by atoms with E-state index in [2.05, 4.69) is 10.3 Å². The van der Waals surface area contributed by atoms with Crippen molar-refractivity contribution in [2.24, 2.45) is 0 Å². The van der Waals surface area contributed by atoms with E-state index < -0.39 is 0 Å². The average Bonchev–Trinajstić information content (AvgIpc) is 2.42. The Labute approximate surface area is 113 Å². The maximum absolute atomic E-state index is 11.3. The summed E-state index contributed by atoms with van der Waals surface area (Å²) in [5.41, 5.74) is 2.29. The minimum atomic E-state index is -0.0118. The molecule has 0 spiro atoms. The van der Waals surface area contributed by atoms with Gasteiger partial charge in [0.25, 0.3) is 0 Å². The van der Waals surface area contributed by atoms with E-state index >= 15 is 0 Å². The summed E-state index contributed by atoms with van der Waals surface area (Å²) in [6.45, 7) is 2.76. The minimum Gasteiger partial charge on any atom is -0.382 e. The van der Waals surface area contributed by atoms with Gasteiger partial charge >= 0.3 is 0 Å². The normalized spacial score (nSPS) is 18.3.